The number of carbonyl (C=O) groups is 3. The van der Waals surface area contributed by atoms with Crippen LogP contribution in [0.1, 0.15) is 30.8 Å². The van der Waals surface area contributed by atoms with Crippen molar-refractivity contribution in [3.05, 3.63) is 24.2 Å². The fourth-order valence-electron chi connectivity index (χ4n) is 0.769. The number of nitrogens with two attached hydrogens (primary N) is 1. The van der Waals surface area contributed by atoms with E-state index >= 15 is 0 Å². The van der Waals surface area contributed by atoms with Crippen LogP contribution in [0.2, 0.25) is 0 Å². The van der Waals surface area contributed by atoms with Crippen molar-refractivity contribution >= 4 is 17.5 Å². The van der Waals surface area contributed by atoms with E-state index in [9.17, 15) is 14.4 Å². The molecule has 1 aromatic heterocycles. The summed E-state index contributed by atoms with van der Waals surface area (Å²) in [7, 11) is 0. The second-order valence-corrected chi connectivity index (χ2v) is 2.92. The summed E-state index contributed by atoms with van der Waals surface area (Å²) in [5.74, 6) is -0.458. The summed E-state index contributed by atoms with van der Waals surface area (Å²) in [6.07, 6.45) is 1.49. The molecule has 1 rings (SSSR count). The molecule has 2 N–H and O–H groups in total. The van der Waals surface area contributed by atoms with E-state index in [2.05, 4.69) is 4.42 Å². The van der Waals surface area contributed by atoms with E-state index in [1.807, 2.05) is 0 Å². The Morgan fingerprint density at radius 2 is 1.80 bits per heavy atom. The van der Waals surface area contributed by atoms with E-state index in [0.717, 1.165) is 0 Å². The van der Waals surface area contributed by atoms with Crippen molar-refractivity contribution in [3.8, 4) is 0 Å². The molecule has 5 heteroatoms. The van der Waals surface area contributed by atoms with Crippen molar-refractivity contribution in [2.24, 2.45) is 5.73 Å². The maximum absolute atomic E-state index is 10.2. The van der Waals surface area contributed by atoms with Gasteiger partial charge in [-0.25, -0.2) is 0 Å². The summed E-state index contributed by atoms with van der Waals surface area (Å²) < 4.78 is 4.62. The lowest BCUT2D eigenvalue weighted by Crippen LogP contribution is -2.08. The van der Waals surface area contributed by atoms with Gasteiger partial charge >= 0.3 is 0 Å². The molecule has 0 aliphatic heterocycles. The Morgan fingerprint density at radius 3 is 1.93 bits per heavy atom. The molecule has 0 radical (unpaired) electrons. The Hall–Kier alpha value is -1.91. The number of Topliss-reactive ketones (excluding diaryl/α,β-unsaturated/α-hetero) is 2. The monoisotopic (exact) mass is 211 g/mol. The van der Waals surface area contributed by atoms with Gasteiger partial charge in [-0.2, -0.15) is 0 Å². The van der Waals surface area contributed by atoms with Gasteiger partial charge in [0.2, 0.25) is 0 Å². The highest BCUT2D eigenvalue weighted by Crippen LogP contribution is 1.96. The fraction of sp³-hybridized carbons (Fsp3) is 0.300. The molecule has 0 fully saturated rings. The van der Waals surface area contributed by atoms with Crippen LogP contribution in [0, 0.1) is 0 Å². The Bertz CT molecular complexity index is 328. The topological polar surface area (TPSA) is 90.4 Å². The first-order valence-corrected chi connectivity index (χ1v) is 4.25. The normalized spacial score (nSPS) is 8.67. The van der Waals surface area contributed by atoms with Gasteiger partial charge in [0.05, 0.1) is 12.7 Å². The van der Waals surface area contributed by atoms with Crippen molar-refractivity contribution in [1.82, 2.24) is 0 Å². The Balaban J connectivity index is 0.000000265. The molecule has 0 saturated heterocycles. The number of amides is 1. The standard InChI is InChI=1S/C5H5NO2.C5H8O2/c6-5(7)4-2-1-3-8-4;1-4(6)3-5(2)7/h1-3H,(H2,6,7);3H2,1-2H3. The van der Waals surface area contributed by atoms with E-state index < -0.39 is 5.91 Å². The summed E-state index contributed by atoms with van der Waals surface area (Å²) in [6, 6.07) is 3.13. The van der Waals surface area contributed by atoms with E-state index in [1.54, 1.807) is 6.07 Å². The molecule has 0 unspecified atom stereocenters. The molecule has 0 spiro atoms. The molecular formula is C10H13NO4. The summed E-state index contributed by atoms with van der Waals surface area (Å²) >= 11 is 0. The van der Waals surface area contributed by atoms with E-state index in [-0.39, 0.29) is 23.7 Å². The smallest absolute Gasteiger partial charge is 0.284 e. The Kier molecular flexibility index (Phi) is 5.70. The van der Waals surface area contributed by atoms with Gasteiger partial charge in [-0.1, -0.05) is 0 Å². The van der Waals surface area contributed by atoms with Crippen LogP contribution in [0.4, 0.5) is 0 Å². The Labute approximate surface area is 87.2 Å². The third-order valence-electron chi connectivity index (χ3n) is 1.26. The van der Waals surface area contributed by atoms with Crippen LogP contribution in [-0.4, -0.2) is 17.5 Å². The minimum absolute atomic E-state index is 0.0625. The van der Waals surface area contributed by atoms with Crippen LogP contribution in [0.25, 0.3) is 0 Å². The second kappa shape index (κ2) is 6.53. The molecule has 5 nitrogen and oxygen atoms in total. The maximum Gasteiger partial charge on any atom is 0.284 e. The van der Waals surface area contributed by atoms with Crippen LogP contribution >= 0.6 is 0 Å². The fourth-order valence-corrected chi connectivity index (χ4v) is 0.769. The number of carbonyl (C=O) groups excluding carboxylic acids is 3. The van der Waals surface area contributed by atoms with Crippen molar-refractivity contribution in [1.29, 1.82) is 0 Å². The van der Waals surface area contributed by atoms with E-state index in [1.165, 1.54) is 26.2 Å². The van der Waals surface area contributed by atoms with Crippen molar-refractivity contribution in [3.63, 3.8) is 0 Å². The predicted molar refractivity (Wildman–Crippen MR) is 53.2 cm³/mol. The second-order valence-electron chi connectivity index (χ2n) is 2.92. The molecule has 1 heterocycles. The average Bonchev–Trinajstić information content (AvgIpc) is 2.52. The number of primary amides is 1. The van der Waals surface area contributed by atoms with Crippen LogP contribution in [0.15, 0.2) is 22.8 Å². The predicted octanol–water partition coefficient (Wildman–Crippen LogP) is 0.933. The molecule has 0 saturated carbocycles. The maximum atomic E-state index is 10.2. The molecule has 82 valence electrons. The zero-order valence-electron chi connectivity index (χ0n) is 8.65. The minimum Gasteiger partial charge on any atom is -0.459 e. The molecule has 1 aromatic rings. The zero-order valence-corrected chi connectivity index (χ0v) is 8.65. The van der Waals surface area contributed by atoms with Crippen LogP contribution < -0.4 is 5.73 Å². The molecule has 0 atom stereocenters. The first-order valence-electron chi connectivity index (χ1n) is 4.25. The van der Waals surface area contributed by atoms with Gasteiger partial charge < -0.3 is 10.2 Å². The molecule has 0 aliphatic rings. The summed E-state index contributed by atoms with van der Waals surface area (Å²) in [5.41, 5.74) is 4.83. The van der Waals surface area contributed by atoms with Gasteiger partial charge in [0.25, 0.3) is 5.91 Å². The molecule has 0 bridgehead atoms. The van der Waals surface area contributed by atoms with Gasteiger partial charge in [-0.3, -0.25) is 14.4 Å². The van der Waals surface area contributed by atoms with Crippen LogP contribution in [-0.2, 0) is 9.59 Å². The first kappa shape index (κ1) is 13.1. The number of furan rings is 1. The average molecular weight is 211 g/mol. The molecule has 1 amide bonds. The minimum atomic E-state index is -0.532. The first-order chi connectivity index (χ1) is 6.93. The van der Waals surface area contributed by atoms with Crippen molar-refractivity contribution < 1.29 is 18.8 Å². The molecular weight excluding hydrogens is 198 g/mol. The van der Waals surface area contributed by atoms with Gasteiger partial charge in [-0.05, 0) is 26.0 Å². The SMILES string of the molecule is CC(=O)CC(C)=O.NC(=O)c1ccco1. The Morgan fingerprint density at radius 1 is 1.27 bits per heavy atom. The number of rotatable bonds is 3. The van der Waals surface area contributed by atoms with Gasteiger partial charge in [-0.15, -0.1) is 0 Å². The van der Waals surface area contributed by atoms with Gasteiger partial charge in [0, 0.05) is 0 Å². The van der Waals surface area contributed by atoms with E-state index in [0.29, 0.717) is 0 Å². The highest BCUT2D eigenvalue weighted by atomic mass is 16.3. The highest BCUT2D eigenvalue weighted by molar-refractivity contribution is 5.96. The van der Waals surface area contributed by atoms with Crippen molar-refractivity contribution in [2.75, 3.05) is 0 Å². The van der Waals surface area contributed by atoms with Crippen LogP contribution in [0.5, 0.6) is 0 Å². The zero-order chi connectivity index (χ0) is 11.8. The molecule has 0 aliphatic carbocycles. The largest absolute Gasteiger partial charge is 0.459 e. The molecule has 0 aromatic carbocycles. The summed E-state index contributed by atoms with van der Waals surface area (Å²) in [5, 5.41) is 0. The lowest BCUT2D eigenvalue weighted by Gasteiger charge is -1.81. The number of hydrogen-bond donors (Lipinski definition) is 1. The summed E-state index contributed by atoms with van der Waals surface area (Å²) in [4.78, 5) is 30.3. The number of ketones is 2. The summed E-state index contributed by atoms with van der Waals surface area (Å²) in [6.45, 7) is 2.81. The lowest BCUT2D eigenvalue weighted by molar-refractivity contribution is -0.124. The van der Waals surface area contributed by atoms with Crippen LogP contribution in [0.3, 0.4) is 0 Å². The number of hydrogen-bond acceptors (Lipinski definition) is 4. The lowest BCUT2D eigenvalue weighted by atomic mass is 10.2. The third kappa shape index (κ3) is 7.18. The highest BCUT2D eigenvalue weighted by Gasteiger charge is 1.98. The quantitative estimate of drug-likeness (QED) is 0.753. The van der Waals surface area contributed by atoms with Crippen molar-refractivity contribution in [2.45, 2.75) is 20.3 Å². The van der Waals surface area contributed by atoms with Gasteiger partial charge in [0.1, 0.15) is 11.6 Å². The van der Waals surface area contributed by atoms with Gasteiger partial charge in [0.15, 0.2) is 5.76 Å². The third-order valence-corrected chi connectivity index (χ3v) is 1.26. The molecule has 15 heavy (non-hydrogen) atoms. The van der Waals surface area contributed by atoms with E-state index in [4.69, 9.17) is 5.73 Å².